The summed E-state index contributed by atoms with van der Waals surface area (Å²) in [5.41, 5.74) is -0.0582. The summed E-state index contributed by atoms with van der Waals surface area (Å²) < 4.78 is 2.98. The average molecular weight is 438 g/mol. The molecule has 138 valence electrons. The van der Waals surface area contributed by atoms with Crippen LogP contribution in [-0.2, 0) is 0 Å². The molecule has 3 N–H and O–H groups in total. The zero-order valence-electron chi connectivity index (χ0n) is 12.7. The van der Waals surface area contributed by atoms with Crippen molar-refractivity contribution in [1.82, 2.24) is 10.6 Å². The SMILES string of the molecule is O=C(N[C@H](NC(=S)Nc1ccccc1[N+](=O)[O-])C(Cl)(Cl)Cl)c1ccco1. The van der Waals surface area contributed by atoms with E-state index in [9.17, 15) is 14.9 Å². The number of hydrogen-bond acceptors (Lipinski definition) is 5. The number of nitro benzene ring substituents is 1. The Labute approximate surface area is 167 Å². The van der Waals surface area contributed by atoms with Gasteiger partial charge < -0.3 is 20.4 Å². The molecular weight excluding hydrogens is 427 g/mol. The van der Waals surface area contributed by atoms with Gasteiger partial charge in [-0.05, 0) is 30.4 Å². The highest BCUT2D eigenvalue weighted by Crippen LogP contribution is 2.29. The number of thiocarbonyl (C=S) groups is 1. The molecule has 0 radical (unpaired) electrons. The van der Waals surface area contributed by atoms with Crippen LogP contribution in [-0.4, -0.2) is 25.9 Å². The van der Waals surface area contributed by atoms with E-state index >= 15 is 0 Å². The van der Waals surface area contributed by atoms with E-state index in [4.69, 9.17) is 51.4 Å². The van der Waals surface area contributed by atoms with E-state index in [0.29, 0.717) is 0 Å². The Balaban J connectivity index is 2.10. The highest BCUT2D eigenvalue weighted by Gasteiger charge is 2.35. The van der Waals surface area contributed by atoms with Crippen molar-refractivity contribution in [2.75, 3.05) is 5.32 Å². The number of halogens is 3. The van der Waals surface area contributed by atoms with E-state index in [-0.39, 0.29) is 22.2 Å². The second-order valence-corrected chi connectivity index (χ2v) is 7.58. The van der Waals surface area contributed by atoms with Gasteiger partial charge in [-0.15, -0.1) is 0 Å². The van der Waals surface area contributed by atoms with Gasteiger partial charge in [0.2, 0.25) is 3.79 Å². The Hall–Kier alpha value is -2.07. The highest BCUT2D eigenvalue weighted by molar-refractivity contribution is 7.80. The maximum atomic E-state index is 12.1. The fourth-order valence-electron chi connectivity index (χ4n) is 1.84. The molecule has 0 aliphatic heterocycles. The number of carbonyl (C=O) groups is 1. The van der Waals surface area contributed by atoms with Gasteiger partial charge >= 0.3 is 0 Å². The Bertz CT molecular complexity index is 811. The summed E-state index contributed by atoms with van der Waals surface area (Å²) in [4.78, 5) is 22.5. The monoisotopic (exact) mass is 436 g/mol. The number of benzene rings is 1. The molecule has 12 heteroatoms. The summed E-state index contributed by atoms with van der Waals surface area (Å²) in [5.74, 6) is -0.643. The molecule has 1 amide bonds. The van der Waals surface area contributed by atoms with Crippen LogP contribution in [0.3, 0.4) is 0 Å². The maximum absolute atomic E-state index is 12.1. The van der Waals surface area contributed by atoms with Gasteiger partial charge in [0.25, 0.3) is 11.6 Å². The van der Waals surface area contributed by atoms with Crippen LogP contribution < -0.4 is 16.0 Å². The number of hydrogen-bond donors (Lipinski definition) is 3. The first-order valence-corrected chi connectivity index (χ1v) is 8.44. The second-order valence-electron chi connectivity index (χ2n) is 4.80. The fourth-order valence-corrected chi connectivity index (χ4v) is 2.39. The third-order valence-corrected chi connectivity index (χ3v) is 3.85. The molecule has 0 unspecified atom stereocenters. The van der Waals surface area contributed by atoms with Gasteiger partial charge in [-0.3, -0.25) is 14.9 Å². The average Bonchev–Trinajstić information content (AvgIpc) is 3.08. The number of amides is 1. The minimum atomic E-state index is -1.98. The van der Waals surface area contributed by atoms with E-state index in [0.717, 1.165) is 0 Å². The molecule has 8 nitrogen and oxygen atoms in total. The van der Waals surface area contributed by atoms with E-state index in [1.807, 2.05) is 0 Å². The summed E-state index contributed by atoms with van der Waals surface area (Å²) in [6.07, 6.45) is 0.0702. The topological polar surface area (TPSA) is 109 Å². The number of rotatable bonds is 5. The maximum Gasteiger partial charge on any atom is 0.292 e. The lowest BCUT2D eigenvalue weighted by Crippen LogP contribution is -2.56. The summed E-state index contributed by atoms with van der Waals surface area (Å²) in [7, 11) is 0. The lowest BCUT2D eigenvalue weighted by Gasteiger charge is -2.27. The molecule has 0 spiro atoms. The third kappa shape index (κ3) is 5.46. The van der Waals surface area contributed by atoms with Gasteiger partial charge in [0.15, 0.2) is 10.9 Å². The van der Waals surface area contributed by atoms with Crippen molar-refractivity contribution < 1.29 is 14.1 Å². The molecule has 0 aliphatic rings. The van der Waals surface area contributed by atoms with E-state index in [1.54, 1.807) is 6.07 Å². The van der Waals surface area contributed by atoms with E-state index in [1.165, 1.54) is 36.6 Å². The Kier molecular flexibility index (Phi) is 6.65. The van der Waals surface area contributed by atoms with Crippen molar-refractivity contribution >= 4 is 69.4 Å². The number of furan rings is 1. The number of nitrogens with one attached hydrogen (secondary N) is 3. The smallest absolute Gasteiger partial charge is 0.292 e. The highest BCUT2D eigenvalue weighted by atomic mass is 35.6. The quantitative estimate of drug-likeness (QED) is 0.215. The van der Waals surface area contributed by atoms with Crippen molar-refractivity contribution in [2.24, 2.45) is 0 Å². The normalized spacial score (nSPS) is 12.1. The first-order valence-electron chi connectivity index (χ1n) is 6.90. The molecule has 1 heterocycles. The van der Waals surface area contributed by atoms with Crippen LogP contribution in [0.25, 0.3) is 0 Å². The minimum Gasteiger partial charge on any atom is -0.459 e. The Morgan fingerprint density at radius 2 is 1.88 bits per heavy atom. The molecule has 2 rings (SSSR count). The minimum absolute atomic E-state index is 0.00336. The summed E-state index contributed by atoms with van der Waals surface area (Å²) >= 11 is 22.7. The van der Waals surface area contributed by atoms with Crippen LogP contribution in [0, 0.1) is 10.1 Å². The van der Waals surface area contributed by atoms with Gasteiger partial charge in [-0.25, -0.2) is 0 Å². The molecule has 0 bridgehead atoms. The van der Waals surface area contributed by atoms with Gasteiger partial charge in [-0.1, -0.05) is 46.9 Å². The number of para-hydroxylation sites is 2. The number of anilines is 1. The van der Waals surface area contributed by atoms with Crippen LogP contribution in [0.2, 0.25) is 0 Å². The second kappa shape index (κ2) is 8.54. The Morgan fingerprint density at radius 3 is 2.46 bits per heavy atom. The standard InChI is InChI=1S/C14H11Cl3N4O4S/c15-14(16,17)12(19-11(22)10-6-3-7-25-10)20-13(26)18-8-4-1-2-5-9(8)21(23)24/h1-7,12H,(H,19,22)(H2,18,20,26)/t12-/m1/s1. The molecule has 1 aromatic heterocycles. The summed E-state index contributed by atoms with van der Waals surface area (Å²) in [6.45, 7) is 0. The predicted octanol–water partition coefficient (Wildman–Crippen LogP) is 3.60. The molecule has 2 aromatic rings. The summed E-state index contributed by atoms with van der Waals surface area (Å²) in [6, 6.07) is 8.80. The lowest BCUT2D eigenvalue weighted by atomic mass is 10.3. The zero-order valence-corrected chi connectivity index (χ0v) is 15.8. The van der Waals surface area contributed by atoms with Crippen LogP contribution >= 0.6 is 47.0 Å². The van der Waals surface area contributed by atoms with Crippen molar-refractivity contribution in [3.8, 4) is 0 Å². The first kappa shape index (κ1) is 20.2. The Morgan fingerprint density at radius 1 is 1.19 bits per heavy atom. The first-order chi connectivity index (χ1) is 12.2. The lowest BCUT2D eigenvalue weighted by molar-refractivity contribution is -0.383. The predicted molar refractivity (Wildman–Crippen MR) is 103 cm³/mol. The molecule has 1 aromatic carbocycles. The van der Waals surface area contributed by atoms with Gasteiger partial charge in [0.1, 0.15) is 11.9 Å². The van der Waals surface area contributed by atoms with E-state index < -0.39 is 20.8 Å². The van der Waals surface area contributed by atoms with Crippen molar-refractivity contribution in [2.45, 2.75) is 9.96 Å². The molecular formula is C14H11Cl3N4O4S. The van der Waals surface area contributed by atoms with Gasteiger partial charge in [-0.2, -0.15) is 0 Å². The van der Waals surface area contributed by atoms with Crippen LogP contribution in [0.1, 0.15) is 10.6 Å². The number of alkyl halides is 3. The van der Waals surface area contributed by atoms with Crippen LogP contribution in [0.15, 0.2) is 47.1 Å². The van der Waals surface area contributed by atoms with Crippen molar-refractivity contribution in [3.63, 3.8) is 0 Å². The van der Waals surface area contributed by atoms with Crippen LogP contribution in [0.4, 0.5) is 11.4 Å². The summed E-state index contributed by atoms with van der Waals surface area (Å²) in [5, 5.41) is 18.6. The molecule has 0 fully saturated rings. The molecule has 1 atom stereocenters. The third-order valence-electron chi connectivity index (χ3n) is 2.97. The zero-order chi connectivity index (χ0) is 19.3. The number of carbonyl (C=O) groups excluding carboxylic acids is 1. The number of nitrogens with zero attached hydrogens (tertiary/aromatic N) is 1. The molecule has 26 heavy (non-hydrogen) atoms. The van der Waals surface area contributed by atoms with Gasteiger partial charge in [0.05, 0.1) is 11.2 Å². The van der Waals surface area contributed by atoms with Crippen molar-refractivity contribution in [1.29, 1.82) is 0 Å². The van der Waals surface area contributed by atoms with Crippen LogP contribution in [0.5, 0.6) is 0 Å². The molecule has 0 saturated heterocycles. The van der Waals surface area contributed by atoms with Gasteiger partial charge in [0, 0.05) is 6.07 Å². The van der Waals surface area contributed by atoms with E-state index in [2.05, 4.69) is 16.0 Å². The van der Waals surface area contributed by atoms with Crippen molar-refractivity contribution in [3.05, 3.63) is 58.5 Å². The number of nitro groups is 1. The molecule has 0 aliphatic carbocycles. The molecule has 0 saturated carbocycles. The fraction of sp³-hybridized carbons (Fsp3) is 0.143. The largest absolute Gasteiger partial charge is 0.459 e.